The number of aromatic carboxylic acids is 1. The normalized spacial score (nSPS) is 26.8. The third-order valence-corrected chi connectivity index (χ3v) is 6.41. The summed E-state index contributed by atoms with van der Waals surface area (Å²) in [6, 6.07) is 10.3. The predicted octanol–water partition coefficient (Wildman–Crippen LogP) is 5.87. The lowest BCUT2D eigenvalue weighted by Gasteiger charge is -2.28. The van der Waals surface area contributed by atoms with Crippen LogP contribution < -0.4 is 0 Å². The molecule has 0 heterocycles. The summed E-state index contributed by atoms with van der Waals surface area (Å²) in [5.74, 6) is -1.35. The molecule has 1 saturated carbocycles. The zero-order valence-corrected chi connectivity index (χ0v) is 15.4. The van der Waals surface area contributed by atoms with Crippen molar-refractivity contribution in [2.45, 2.75) is 50.9 Å². The van der Waals surface area contributed by atoms with E-state index in [1.165, 1.54) is 54.7 Å². The van der Waals surface area contributed by atoms with Gasteiger partial charge in [0.1, 0.15) is 5.83 Å². The second kappa shape index (κ2) is 5.54. The van der Waals surface area contributed by atoms with Gasteiger partial charge in [0, 0.05) is 5.56 Å². The van der Waals surface area contributed by atoms with Gasteiger partial charge in [-0.25, -0.2) is 9.18 Å². The Morgan fingerprint density at radius 2 is 1.58 bits per heavy atom. The molecule has 0 aliphatic heterocycles. The Morgan fingerprint density at radius 1 is 1.04 bits per heavy atom. The number of fused-ring (bicyclic) bond motifs is 5. The molecule has 2 aromatic rings. The molecule has 2 nitrogen and oxygen atoms in total. The fourth-order valence-corrected chi connectivity index (χ4v) is 4.92. The van der Waals surface area contributed by atoms with E-state index in [0.717, 1.165) is 11.1 Å². The summed E-state index contributed by atoms with van der Waals surface area (Å²) in [5, 5.41) is 8.96. The maximum Gasteiger partial charge on any atom is 0.335 e. The van der Waals surface area contributed by atoms with Gasteiger partial charge in [-0.05, 0) is 77.5 Å². The van der Waals surface area contributed by atoms with Crippen LogP contribution >= 0.6 is 0 Å². The molecule has 0 radical (unpaired) electrons. The highest BCUT2D eigenvalue weighted by molar-refractivity contribution is 5.88. The van der Waals surface area contributed by atoms with Crippen LogP contribution in [0.1, 0.15) is 71.3 Å². The van der Waals surface area contributed by atoms with Crippen LogP contribution in [0.25, 0.3) is 11.9 Å². The van der Waals surface area contributed by atoms with E-state index in [9.17, 15) is 9.18 Å². The molecular weight excluding hydrogens is 327 g/mol. The molecule has 4 rings (SSSR count). The molecule has 2 bridgehead atoms. The van der Waals surface area contributed by atoms with Gasteiger partial charge in [-0.1, -0.05) is 38.1 Å². The Bertz CT molecular complexity index is 941. The maximum absolute atomic E-state index is 14.8. The van der Waals surface area contributed by atoms with Crippen LogP contribution in [0.3, 0.4) is 0 Å². The highest BCUT2D eigenvalue weighted by Crippen LogP contribution is 2.60. The number of hydrogen-bond acceptors (Lipinski definition) is 1. The van der Waals surface area contributed by atoms with Crippen LogP contribution in [0.15, 0.2) is 36.4 Å². The van der Waals surface area contributed by atoms with Crippen LogP contribution in [-0.4, -0.2) is 11.1 Å². The van der Waals surface area contributed by atoms with E-state index < -0.39 is 5.97 Å². The van der Waals surface area contributed by atoms with Crippen molar-refractivity contribution in [2.75, 3.05) is 0 Å². The van der Waals surface area contributed by atoms with Crippen molar-refractivity contribution in [3.05, 3.63) is 69.8 Å². The number of benzene rings is 2. The number of halogens is 1. The van der Waals surface area contributed by atoms with E-state index in [4.69, 9.17) is 5.11 Å². The number of rotatable bonds is 3. The first-order valence-corrected chi connectivity index (χ1v) is 9.08. The van der Waals surface area contributed by atoms with Gasteiger partial charge in [0.15, 0.2) is 0 Å². The average molecular weight is 350 g/mol. The molecule has 0 spiro atoms. The molecule has 2 unspecified atom stereocenters. The zero-order valence-electron chi connectivity index (χ0n) is 15.4. The highest BCUT2D eigenvalue weighted by atomic mass is 19.1. The quantitative estimate of drug-likeness (QED) is 0.703. The zero-order chi connectivity index (χ0) is 18.7. The maximum atomic E-state index is 14.8. The predicted molar refractivity (Wildman–Crippen MR) is 102 cm³/mol. The molecule has 134 valence electrons. The van der Waals surface area contributed by atoms with Crippen LogP contribution in [0, 0.1) is 6.92 Å². The number of carboxylic acid groups (broad SMARTS) is 1. The van der Waals surface area contributed by atoms with Gasteiger partial charge in [0.2, 0.25) is 0 Å². The fourth-order valence-electron chi connectivity index (χ4n) is 4.92. The van der Waals surface area contributed by atoms with Gasteiger partial charge < -0.3 is 5.11 Å². The Hall–Kier alpha value is -2.42. The summed E-state index contributed by atoms with van der Waals surface area (Å²) in [5.41, 5.74) is 5.83. The molecule has 3 heteroatoms. The standard InChI is InChI=1S/C23H23FO2/c1-14-10-18-19(23(3)9-8-22(18,2)13-23)11-17(14)12-20(24)15-4-6-16(7-5-15)21(25)26/h4-7,10-12H,8-9,13H2,1-3H3,(H,25,26). The van der Waals surface area contributed by atoms with Gasteiger partial charge in [-0.15, -0.1) is 0 Å². The fraction of sp³-hybridized carbons (Fsp3) is 0.348. The summed E-state index contributed by atoms with van der Waals surface area (Å²) in [6.07, 6.45) is 5.18. The largest absolute Gasteiger partial charge is 0.478 e. The lowest BCUT2D eigenvalue weighted by Crippen LogP contribution is -2.18. The van der Waals surface area contributed by atoms with Crippen LogP contribution in [0.5, 0.6) is 0 Å². The molecule has 0 aromatic heterocycles. The third-order valence-electron chi connectivity index (χ3n) is 6.41. The molecule has 0 saturated heterocycles. The van der Waals surface area contributed by atoms with Crippen molar-refractivity contribution < 1.29 is 14.3 Å². The van der Waals surface area contributed by atoms with Crippen molar-refractivity contribution >= 4 is 17.9 Å². The Balaban J connectivity index is 1.73. The summed E-state index contributed by atoms with van der Waals surface area (Å²) >= 11 is 0. The van der Waals surface area contributed by atoms with Gasteiger partial charge in [-0.3, -0.25) is 0 Å². The molecule has 2 atom stereocenters. The minimum Gasteiger partial charge on any atom is -0.478 e. The molecule has 26 heavy (non-hydrogen) atoms. The van der Waals surface area contributed by atoms with Crippen molar-refractivity contribution in [3.63, 3.8) is 0 Å². The first-order valence-electron chi connectivity index (χ1n) is 9.08. The summed E-state index contributed by atoms with van der Waals surface area (Å²) in [6.45, 7) is 6.71. The van der Waals surface area contributed by atoms with E-state index in [2.05, 4.69) is 26.0 Å². The van der Waals surface area contributed by atoms with E-state index in [0.29, 0.717) is 5.56 Å². The second-order valence-electron chi connectivity index (χ2n) is 8.43. The van der Waals surface area contributed by atoms with Crippen LogP contribution in [-0.2, 0) is 10.8 Å². The molecular formula is C23H23FO2. The Morgan fingerprint density at radius 3 is 2.15 bits per heavy atom. The van der Waals surface area contributed by atoms with Crippen molar-refractivity contribution in [3.8, 4) is 0 Å². The lowest BCUT2D eigenvalue weighted by atomic mass is 9.76. The summed E-state index contributed by atoms with van der Waals surface area (Å²) in [4.78, 5) is 10.9. The van der Waals surface area contributed by atoms with Crippen LogP contribution in [0.2, 0.25) is 0 Å². The number of carboxylic acids is 1. The van der Waals surface area contributed by atoms with E-state index >= 15 is 0 Å². The average Bonchev–Trinajstić information content (AvgIpc) is 3.03. The number of hydrogen-bond donors (Lipinski definition) is 1. The van der Waals surface area contributed by atoms with Crippen molar-refractivity contribution in [1.82, 2.24) is 0 Å². The molecule has 2 aliphatic rings. The Labute approximate surface area is 153 Å². The molecule has 2 aliphatic carbocycles. The monoisotopic (exact) mass is 350 g/mol. The van der Waals surface area contributed by atoms with Gasteiger partial charge in [-0.2, -0.15) is 0 Å². The first kappa shape index (κ1) is 17.0. The highest BCUT2D eigenvalue weighted by Gasteiger charge is 2.52. The lowest BCUT2D eigenvalue weighted by molar-refractivity contribution is 0.0697. The van der Waals surface area contributed by atoms with Crippen LogP contribution in [0.4, 0.5) is 4.39 Å². The van der Waals surface area contributed by atoms with Gasteiger partial charge in [0.05, 0.1) is 5.56 Å². The van der Waals surface area contributed by atoms with Gasteiger partial charge in [0.25, 0.3) is 0 Å². The summed E-state index contributed by atoms with van der Waals surface area (Å²) < 4.78 is 14.8. The van der Waals surface area contributed by atoms with Crippen molar-refractivity contribution in [2.24, 2.45) is 0 Å². The van der Waals surface area contributed by atoms with E-state index in [1.54, 1.807) is 6.08 Å². The van der Waals surface area contributed by atoms with Gasteiger partial charge >= 0.3 is 5.97 Å². The molecule has 1 N–H and O–H groups in total. The van der Waals surface area contributed by atoms with E-state index in [1.807, 2.05) is 6.92 Å². The van der Waals surface area contributed by atoms with Crippen molar-refractivity contribution in [1.29, 1.82) is 0 Å². The minimum absolute atomic E-state index is 0.160. The smallest absolute Gasteiger partial charge is 0.335 e. The number of aryl methyl sites for hydroxylation is 1. The molecule has 0 amide bonds. The Kier molecular flexibility index (Phi) is 3.62. The molecule has 1 fully saturated rings. The topological polar surface area (TPSA) is 37.3 Å². The number of carbonyl (C=O) groups is 1. The second-order valence-corrected chi connectivity index (χ2v) is 8.43. The SMILES string of the molecule is Cc1cc2c(cc1C=C(F)c1ccc(C(=O)O)cc1)C1(C)CCC2(C)C1. The third kappa shape index (κ3) is 2.49. The first-order chi connectivity index (χ1) is 12.2. The van der Waals surface area contributed by atoms with E-state index in [-0.39, 0.29) is 22.2 Å². The minimum atomic E-state index is -1.01. The molecule has 2 aromatic carbocycles. The summed E-state index contributed by atoms with van der Waals surface area (Å²) in [7, 11) is 0.